The maximum absolute atomic E-state index is 12.5. The molecule has 3 N–H and O–H groups in total. The lowest BCUT2D eigenvalue weighted by Crippen LogP contribution is -2.46. The number of urea groups is 1. The van der Waals surface area contributed by atoms with Gasteiger partial charge in [0, 0.05) is 25.8 Å². The van der Waals surface area contributed by atoms with Gasteiger partial charge in [0.25, 0.3) is 5.91 Å². The Labute approximate surface area is 149 Å². The zero-order valence-corrected chi connectivity index (χ0v) is 14.5. The molecule has 0 aliphatic carbocycles. The summed E-state index contributed by atoms with van der Waals surface area (Å²) in [5, 5.41) is 8.34. The molecule has 1 aromatic rings. The van der Waals surface area contributed by atoms with E-state index in [0.29, 0.717) is 35.2 Å². The van der Waals surface area contributed by atoms with Crippen LogP contribution in [0.2, 0.25) is 5.02 Å². The van der Waals surface area contributed by atoms with Crippen molar-refractivity contribution >= 4 is 40.8 Å². The van der Waals surface area contributed by atoms with Crippen LogP contribution in [0.1, 0.15) is 12.8 Å². The molecule has 8 nitrogen and oxygen atoms in total. The van der Waals surface area contributed by atoms with E-state index in [1.807, 2.05) is 0 Å². The molecule has 0 spiro atoms. The molecular weight excluding hydrogens is 348 g/mol. The average molecular weight is 367 g/mol. The second kappa shape index (κ2) is 7.18. The third-order valence-corrected chi connectivity index (χ3v) is 4.52. The predicted octanol–water partition coefficient (Wildman–Crippen LogP) is 1.66. The summed E-state index contributed by atoms with van der Waals surface area (Å²) in [7, 11) is 1.59. The van der Waals surface area contributed by atoms with Gasteiger partial charge < -0.3 is 25.6 Å². The Bertz CT molecular complexity index is 724. The number of hydrogen-bond donors (Lipinski definition) is 3. The van der Waals surface area contributed by atoms with Gasteiger partial charge in [-0.3, -0.25) is 9.59 Å². The van der Waals surface area contributed by atoms with Gasteiger partial charge in [-0.2, -0.15) is 0 Å². The Morgan fingerprint density at radius 1 is 1.40 bits per heavy atom. The first-order chi connectivity index (χ1) is 12.0. The normalized spacial score (nSPS) is 19.4. The summed E-state index contributed by atoms with van der Waals surface area (Å²) in [4.78, 5) is 37.3. The minimum Gasteiger partial charge on any atom is -0.480 e. The van der Waals surface area contributed by atoms with Gasteiger partial charge in [-0.1, -0.05) is 11.6 Å². The average Bonchev–Trinajstić information content (AvgIpc) is 2.60. The second-order valence-electron chi connectivity index (χ2n) is 6.00. The topological polar surface area (TPSA) is 99.8 Å². The number of amides is 4. The number of likely N-dealkylation sites (tertiary alicyclic amines) is 1. The van der Waals surface area contributed by atoms with Crippen LogP contribution in [0.4, 0.5) is 16.2 Å². The molecule has 0 aromatic heterocycles. The Hall–Kier alpha value is -2.48. The van der Waals surface area contributed by atoms with Crippen LogP contribution in [0.3, 0.4) is 0 Å². The van der Waals surface area contributed by atoms with Crippen molar-refractivity contribution in [1.29, 1.82) is 0 Å². The number of fused-ring (bicyclic) bond motifs is 1. The molecule has 25 heavy (non-hydrogen) atoms. The molecule has 3 rings (SSSR count). The van der Waals surface area contributed by atoms with Crippen LogP contribution in [0.5, 0.6) is 5.75 Å². The van der Waals surface area contributed by atoms with Crippen molar-refractivity contribution in [3.05, 3.63) is 17.2 Å². The zero-order valence-electron chi connectivity index (χ0n) is 13.7. The van der Waals surface area contributed by atoms with E-state index in [1.165, 1.54) is 0 Å². The molecule has 1 atom stereocenters. The monoisotopic (exact) mass is 366 g/mol. The summed E-state index contributed by atoms with van der Waals surface area (Å²) >= 11 is 6.15. The van der Waals surface area contributed by atoms with Gasteiger partial charge in [0.1, 0.15) is 0 Å². The molecule has 2 aliphatic rings. The summed E-state index contributed by atoms with van der Waals surface area (Å²) in [6.45, 7) is 0.856. The van der Waals surface area contributed by atoms with Crippen LogP contribution in [0.25, 0.3) is 0 Å². The Kier molecular flexibility index (Phi) is 4.98. The summed E-state index contributed by atoms with van der Waals surface area (Å²) in [6, 6.07) is 2.85. The van der Waals surface area contributed by atoms with Crippen molar-refractivity contribution in [1.82, 2.24) is 10.2 Å². The number of carbonyl (C=O) groups excluding carboxylic acids is 3. The summed E-state index contributed by atoms with van der Waals surface area (Å²) in [5.74, 6) is -0.160. The molecule has 2 heterocycles. The minimum atomic E-state index is -0.312. The van der Waals surface area contributed by atoms with Crippen molar-refractivity contribution in [2.24, 2.45) is 5.92 Å². The third kappa shape index (κ3) is 3.79. The van der Waals surface area contributed by atoms with Gasteiger partial charge in [-0.15, -0.1) is 0 Å². The molecule has 1 saturated heterocycles. The fraction of sp³-hybridized carbons (Fsp3) is 0.438. The Morgan fingerprint density at radius 2 is 2.20 bits per heavy atom. The van der Waals surface area contributed by atoms with E-state index in [2.05, 4.69) is 16.0 Å². The first-order valence-corrected chi connectivity index (χ1v) is 8.39. The number of ether oxygens (including phenoxy) is 1. The van der Waals surface area contributed by atoms with Crippen LogP contribution in [0.15, 0.2) is 12.1 Å². The molecule has 1 aromatic carbocycles. The number of carbonyl (C=O) groups is 3. The van der Waals surface area contributed by atoms with E-state index < -0.39 is 0 Å². The highest BCUT2D eigenvalue weighted by atomic mass is 35.5. The highest BCUT2D eigenvalue weighted by Gasteiger charge is 2.28. The fourth-order valence-corrected chi connectivity index (χ4v) is 3.29. The number of halogens is 1. The first-order valence-electron chi connectivity index (χ1n) is 8.01. The zero-order chi connectivity index (χ0) is 18.0. The first kappa shape index (κ1) is 17.3. The van der Waals surface area contributed by atoms with Gasteiger partial charge in [0.2, 0.25) is 5.91 Å². The van der Waals surface area contributed by atoms with E-state index in [4.69, 9.17) is 16.3 Å². The van der Waals surface area contributed by atoms with Crippen molar-refractivity contribution in [3.8, 4) is 5.75 Å². The molecule has 134 valence electrons. The molecule has 2 aliphatic heterocycles. The smallest absolute Gasteiger partial charge is 0.321 e. The quantitative estimate of drug-likeness (QED) is 0.741. The summed E-state index contributed by atoms with van der Waals surface area (Å²) < 4.78 is 5.28. The van der Waals surface area contributed by atoms with E-state index in [1.54, 1.807) is 24.1 Å². The molecule has 0 saturated carbocycles. The highest BCUT2D eigenvalue weighted by Crippen LogP contribution is 2.38. The van der Waals surface area contributed by atoms with Gasteiger partial charge in [-0.25, -0.2) is 4.79 Å². The molecule has 9 heteroatoms. The number of piperidine rings is 1. The number of rotatable bonds is 2. The van der Waals surface area contributed by atoms with Crippen molar-refractivity contribution in [2.45, 2.75) is 12.8 Å². The number of nitrogens with zero attached hydrogens (tertiary/aromatic N) is 1. The molecule has 1 fully saturated rings. The number of benzene rings is 1. The lowest BCUT2D eigenvalue weighted by molar-refractivity contribution is -0.125. The summed E-state index contributed by atoms with van der Waals surface area (Å²) in [5.41, 5.74) is 0.863. The van der Waals surface area contributed by atoms with Crippen LogP contribution >= 0.6 is 11.6 Å². The van der Waals surface area contributed by atoms with Crippen LogP contribution in [-0.4, -0.2) is 49.5 Å². The van der Waals surface area contributed by atoms with Crippen LogP contribution in [-0.2, 0) is 9.59 Å². The molecular formula is C16H19ClN4O4. The van der Waals surface area contributed by atoms with Gasteiger partial charge in [0.05, 0.1) is 16.6 Å². The van der Waals surface area contributed by atoms with Gasteiger partial charge >= 0.3 is 6.03 Å². The van der Waals surface area contributed by atoms with Gasteiger partial charge in [-0.05, 0) is 25.0 Å². The molecule has 4 amide bonds. The second-order valence-corrected chi connectivity index (χ2v) is 6.41. The lowest BCUT2D eigenvalue weighted by atomic mass is 9.97. The maximum Gasteiger partial charge on any atom is 0.321 e. The standard InChI is InChI=1S/C16H19ClN4O4/c1-18-15(23)9-3-2-4-21(7-9)16(24)19-10-5-11(17)14-12(6-10)20-13(22)8-25-14/h5-6,9H,2-4,7-8H2,1H3,(H,18,23)(H,19,24)(H,20,22)/t9-/m0/s1. The third-order valence-electron chi connectivity index (χ3n) is 4.24. The van der Waals surface area contributed by atoms with E-state index in [-0.39, 0.29) is 30.4 Å². The van der Waals surface area contributed by atoms with Crippen LogP contribution in [0, 0.1) is 5.92 Å². The minimum absolute atomic E-state index is 0.0609. The number of hydrogen-bond acceptors (Lipinski definition) is 4. The van der Waals surface area contributed by atoms with Crippen LogP contribution < -0.4 is 20.7 Å². The maximum atomic E-state index is 12.5. The molecule has 0 radical (unpaired) electrons. The molecule has 0 bridgehead atoms. The SMILES string of the molecule is CNC(=O)[C@H]1CCCN(C(=O)Nc2cc(Cl)c3c(c2)NC(=O)CO3)C1. The predicted molar refractivity (Wildman–Crippen MR) is 93.0 cm³/mol. The van der Waals surface area contributed by atoms with E-state index >= 15 is 0 Å². The van der Waals surface area contributed by atoms with Crippen molar-refractivity contribution in [3.63, 3.8) is 0 Å². The largest absolute Gasteiger partial charge is 0.480 e. The lowest BCUT2D eigenvalue weighted by Gasteiger charge is -2.32. The molecule has 0 unspecified atom stereocenters. The highest BCUT2D eigenvalue weighted by molar-refractivity contribution is 6.33. The van der Waals surface area contributed by atoms with Gasteiger partial charge in [0.15, 0.2) is 12.4 Å². The van der Waals surface area contributed by atoms with Crippen molar-refractivity contribution in [2.75, 3.05) is 37.4 Å². The van der Waals surface area contributed by atoms with Crippen molar-refractivity contribution < 1.29 is 19.1 Å². The summed E-state index contributed by atoms with van der Waals surface area (Å²) in [6.07, 6.45) is 1.53. The van der Waals surface area contributed by atoms with E-state index in [0.717, 1.165) is 12.8 Å². The van der Waals surface area contributed by atoms with E-state index in [9.17, 15) is 14.4 Å². The number of anilines is 2. The Balaban J connectivity index is 1.70. The fourth-order valence-electron chi connectivity index (χ4n) is 3.01. The Morgan fingerprint density at radius 3 is 2.96 bits per heavy atom. The number of nitrogens with one attached hydrogen (secondary N) is 3.